The van der Waals surface area contributed by atoms with Crippen LogP contribution in [0.3, 0.4) is 0 Å². The van der Waals surface area contributed by atoms with Gasteiger partial charge in [0.2, 0.25) is 0 Å². The summed E-state index contributed by atoms with van der Waals surface area (Å²) in [5.41, 5.74) is 0.354. The van der Waals surface area contributed by atoms with Crippen LogP contribution in [0.1, 0.15) is 47.0 Å². The number of hydrogen-bond donors (Lipinski definition) is 0. The molecular formula is C12H24O3Si. The highest BCUT2D eigenvalue weighted by molar-refractivity contribution is 5.98. The molecule has 94 valence electrons. The Hall–Kier alpha value is -0.613. The van der Waals surface area contributed by atoms with Crippen molar-refractivity contribution in [2.24, 2.45) is 0 Å². The van der Waals surface area contributed by atoms with Gasteiger partial charge in [-0.1, -0.05) is 13.5 Å². The van der Waals surface area contributed by atoms with Crippen molar-refractivity contribution >= 4 is 16.5 Å². The molecule has 0 fully saturated rings. The molecule has 0 aliphatic rings. The van der Waals surface area contributed by atoms with Gasteiger partial charge in [-0.3, -0.25) is 0 Å². The molecule has 3 nitrogen and oxygen atoms in total. The summed E-state index contributed by atoms with van der Waals surface area (Å²) in [4.78, 5) is 11.4. The molecule has 0 aliphatic carbocycles. The highest BCUT2D eigenvalue weighted by Crippen LogP contribution is 2.19. The molecule has 0 amide bonds. The largest absolute Gasteiger partial charge is 0.459 e. The first kappa shape index (κ1) is 15.4. The van der Waals surface area contributed by atoms with E-state index in [1.165, 1.54) is 0 Å². The molecule has 0 aromatic heterocycles. The fourth-order valence-corrected chi connectivity index (χ4v) is 1.41. The van der Waals surface area contributed by atoms with Crippen LogP contribution in [0.25, 0.3) is 0 Å². The van der Waals surface area contributed by atoms with Gasteiger partial charge in [-0.2, -0.15) is 0 Å². The number of carbonyl (C=O) groups excluding carboxylic acids is 1. The maximum absolute atomic E-state index is 11.4. The average Bonchev–Trinajstić information content (AvgIpc) is 2.23. The van der Waals surface area contributed by atoms with Crippen molar-refractivity contribution in [2.45, 2.75) is 58.7 Å². The Balaban J connectivity index is 4.12. The van der Waals surface area contributed by atoms with Gasteiger partial charge < -0.3 is 9.16 Å². The normalized spacial score (nSPS) is 13.5. The molecule has 1 unspecified atom stereocenters. The van der Waals surface area contributed by atoms with Crippen LogP contribution in [0.5, 0.6) is 0 Å². The zero-order valence-electron chi connectivity index (χ0n) is 11.1. The van der Waals surface area contributed by atoms with Crippen LogP contribution in [0.2, 0.25) is 0 Å². The first-order valence-electron chi connectivity index (χ1n) is 5.74. The standard InChI is InChI=1S/C12H24O3Si/c1-6-10(14-11(13)9(2)3)7-8-12(4,5)15-16/h10H,2,6-8H2,1,3-5,16H3. The zero-order valence-corrected chi connectivity index (χ0v) is 13.1. The Bertz CT molecular complexity index is 249. The Morgan fingerprint density at radius 3 is 2.44 bits per heavy atom. The third-order valence-electron chi connectivity index (χ3n) is 2.70. The second kappa shape index (κ2) is 6.86. The molecule has 0 heterocycles. The van der Waals surface area contributed by atoms with E-state index in [-0.39, 0.29) is 17.7 Å². The second-order valence-electron chi connectivity index (χ2n) is 4.72. The highest BCUT2D eigenvalue weighted by Gasteiger charge is 2.20. The quantitative estimate of drug-likeness (QED) is 0.389. The molecule has 0 rings (SSSR count). The van der Waals surface area contributed by atoms with Gasteiger partial charge in [0.25, 0.3) is 0 Å². The fourth-order valence-electron chi connectivity index (χ4n) is 1.21. The van der Waals surface area contributed by atoms with Crippen LogP contribution >= 0.6 is 0 Å². The lowest BCUT2D eigenvalue weighted by Gasteiger charge is -2.26. The van der Waals surface area contributed by atoms with Crippen LogP contribution < -0.4 is 0 Å². The van der Waals surface area contributed by atoms with E-state index in [2.05, 4.69) is 20.4 Å². The summed E-state index contributed by atoms with van der Waals surface area (Å²) < 4.78 is 10.8. The molecule has 0 aliphatic heterocycles. The summed E-state index contributed by atoms with van der Waals surface area (Å²) in [6.07, 6.45) is 2.54. The maximum Gasteiger partial charge on any atom is 0.333 e. The molecule has 0 N–H and O–H groups in total. The number of esters is 1. The van der Waals surface area contributed by atoms with Crippen LogP contribution in [0, 0.1) is 0 Å². The number of rotatable bonds is 7. The summed E-state index contributed by atoms with van der Waals surface area (Å²) in [6.45, 7) is 11.4. The van der Waals surface area contributed by atoms with Gasteiger partial charge in [0.05, 0.1) is 0 Å². The lowest BCUT2D eigenvalue weighted by atomic mass is 9.99. The Kier molecular flexibility index (Phi) is 6.60. The highest BCUT2D eigenvalue weighted by atomic mass is 28.2. The van der Waals surface area contributed by atoms with Crippen LogP contribution in [-0.4, -0.2) is 28.2 Å². The summed E-state index contributed by atoms with van der Waals surface area (Å²) in [7, 11) is 0.732. The van der Waals surface area contributed by atoms with Crippen molar-refractivity contribution in [1.29, 1.82) is 0 Å². The van der Waals surface area contributed by atoms with Crippen molar-refractivity contribution in [3.8, 4) is 0 Å². The minimum Gasteiger partial charge on any atom is -0.459 e. The Morgan fingerprint density at radius 2 is 2.06 bits per heavy atom. The average molecular weight is 244 g/mol. The van der Waals surface area contributed by atoms with E-state index < -0.39 is 0 Å². The molecule has 0 aromatic rings. The third-order valence-corrected chi connectivity index (χ3v) is 3.80. The van der Waals surface area contributed by atoms with Crippen molar-refractivity contribution < 1.29 is 14.0 Å². The molecule has 0 aromatic carbocycles. The zero-order chi connectivity index (χ0) is 12.8. The minimum atomic E-state index is -0.295. The molecule has 16 heavy (non-hydrogen) atoms. The molecule has 0 spiro atoms. The number of hydrogen-bond acceptors (Lipinski definition) is 3. The first-order chi connectivity index (χ1) is 7.32. The lowest BCUT2D eigenvalue weighted by Crippen LogP contribution is -2.27. The van der Waals surface area contributed by atoms with E-state index in [4.69, 9.17) is 9.16 Å². The number of carbonyl (C=O) groups is 1. The van der Waals surface area contributed by atoms with Crippen molar-refractivity contribution in [3.63, 3.8) is 0 Å². The van der Waals surface area contributed by atoms with Gasteiger partial charge in [-0.25, -0.2) is 4.79 Å². The SMILES string of the molecule is C=C(C)C(=O)OC(CC)CCC(C)(C)O[SiH3]. The minimum absolute atomic E-state index is 0.0275. The van der Waals surface area contributed by atoms with Crippen LogP contribution in [-0.2, 0) is 14.0 Å². The lowest BCUT2D eigenvalue weighted by molar-refractivity contribution is -0.145. The monoisotopic (exact) mass is 244 g/mol. The van der Waals surface area contributed by atoms with Gasteiger partial charge in [0, 0.05) is 11.2 Å². The third kappa shape index (κ3) is 6.08. The van der Waals surface area contributed by atoms with E-state index in [0.29, 0.717) is 5.57 Å². The smallest absolute Gasteiger partial charge is 0.333 e. The van der Waals surface area contributed by atoms with Gasteiger partial charge in [0.1, 0.15) is 16.6 Å². The fraction of sp³-hybridized carbons (Fsp3) is 0.750. The predicted molar refractivity (Wildman–Crippen MR) is 69.3 cm³/mol. The van der Waals surface area contributed by atoms with E-state index >= 15 is 0 Å². The van der Waals surface area contributed by atoms with E-state index in [1.54, 1.807) is 6.92 Å². The first-order valence-corrected chi connectivity index (χ1v) is 6.55. The van der Waals surface area contributed by atoms with Gasteiger partial charge in [-0.15, -0.1) is 0 Å². The van der Waals surface area contributed by atoms with Crippen LogP contribution in [0.15, 0.2) is 12.2 Å². The number of ether oxygens (including phenoxy) is 1. The van der Waals surface area contributed by atoms with Gasteiger partial charge >= 0.3 is 5.97 Å². The summed E-state index contributed by atoms with van der Waals surface area (Å²) in [6, 6.07) is 0. The van der Waals surface area contributed by atoms with Gasteiger partial charge in [0.15, 0.2) is 0 Å². The van der Waals surface area contributed by atoms with E-state index in [0.717, 1.165) is 29.7 Å². The molecule has 4 heteroatoms. The Morgan fingerprint density at radius 1 is 1.50 bits per heavy atom. The van der Waals surface area contributed by atoms with Crippen LogP contribution in [0.4, 0.5) is 0 Å². The molecular weight excluding hydrogens is 220 g/mol. The van der Waals surface area contributed by atoms with Gasteiger partial charge in [-0.05, 0) is 40.0 Å². The van der Waals surface area contributed by atoms with E-state index in [1.807, 2.05) is 6.92 Å². The maximum atomic E-state index is 11.4. The topological polar surface area (TPSA) is 35.5 Å². The van der Waals surface area contributed by atoms with Crippen molar-refractivity contribution in [2.75, 3.05) is 0 Å². The Labute approximate surface area is 102 Å². The molecule has 0 radical (unpaired) electrons. The predicted octanol–water partition coefficient (Wildman–Crippen LogP) is 1.74. The summed E-state index contributed by atoms with van der Waals surface area (Å²) in [5.74, 6) is -0.295. The van der Waals surface area contributed by atoms with Crippen molar-refractivity contribution in [3.05, 3.63) is 12.2 Å². The summed E-state index contributed by atoms with van der Waals surface area (Å²) >= 11 is 0. The second-order valence-corrected chi connectivity index (χ2v) is 5.13. The molecule has 0 bridgehead atoms. The molecule has 1 atom stereocenters. The van der Waals surface area contributed by atoms with E-state index in [9.17, 15) is 4.79 Å². The summed E-state index contributed by atoms with van der Waals surface area (Å²) in [5, 5.41) is 0. The molecule has 0 saturated heterocycles. The molecule has 0 saturated carbocycles. The van der Waals surface area contributed by atoms with Crippen molar-refractivity contribution in [1.82, 2.24) is 0 Å².